The first-order valence-corrected chi connectivity index (χ1v) is 10.4. The fraction of sp³-hybridized carbons (Fsp3) is 0.250. The molecule has 0 amide bonds. The second-order valence-electron chi connectivity index (χ2n) is 6.92. The molecule has 0 heterocycles. The van der Waals surface area contributed by atoms with Crippen LogP contribution in [0.15, 0.2) is 54.6 Å². The molecule has 5 heteroatoms. The molecule has 3 aromatic rings. The topological polar surface area (TPSA) is 30.5 Å². The van der Waals surface area contributed by atoms with Crippen LogP contribution in [0.1, 0.15) is 29.2 Å². The van der Waals surface area contributed by atoms with Gasteiger partial charge in [0.2, 0.25) is 0 Å². The average molecular weight is 430 g/mol. The van der Waals surface area contributed by atoms with Crippen molar-refractivity contribution in [3.8, 4) is 11.5 Å². The Morgan fingerprint density at radius 3 is 2.34 bits per heavy atom. The van der Waals surface area contributed by atoms with E-state index >= 15 is 0 Å². The molecule has 0 saturated heterocycles. The van der Waals surface area contributed by atoms with Crippen LogP contribution in [0.3, 0.4) is 0 Å². The van der Waals surface area contributed by atoms with Crippen molar-refractivity contribution in [2.24, 2.45) is 0 Å². The van der Waals surface area contributed by atoms with Crippen molar-refractivity contribution in [2.75, 3.05) is 11.9 Å². The van der Waals surface area contributed by atoms with Crippen LogP contribution in [-0.2, 0) is 13.2 Å². The molecule has 0 aliphatic rings. The fourth-order valence-electron chi connectivity index (χ4n) is 2.99. The van der Waals surface area contributed by atoms with Gasteiger partial charge in [-0.2, -0.15) is 0 Å². The number of ether oxygens (including phenoxy) is 2. The van der Waals surface area contributed by atoms with E-state index in [1.807, 2.05) is 43.3 Å². The highest BCUT2D eigenvalue weighted by molar-refractivity contribution is 6.32. The standard InChI is InChI=1S/C24H25Cl2NO2/c1-4-28-23-13-19(14-27-22-11-16(2)5-6-17(22)3)12-21(26)24(23)29-15-18-7-9-20(25)10-8-18/h5-13,27H,4,14-15H2,1-3H3. The highest BCUT2D eigenvalue weighted by Crippen LogP contribution is 2.37. The Balaban J connectivity index is 1.76. The lowest BCUT2D eigenvalue weighted by Crippen LogP contribution is -2.04. The van der Waals surface area contributed by atoms with E-state index in [1.54, 1.807) is 0 Å². The van der Waals surface area contributed by atoms with Crippen molar-refractivity contribution in [2.45, 2.75) is 33.9 Å². The van der Waals surface area contributed by atoms with Gasteiger partial charge >= 0.3 is 0 Å². The zero-order chi connectivity index (χ0) is 20.8. The maximum atomic E-state index is 6.55. The summed E-state index contributed by atoms with van der Waals surface area (Å²) >= 11 is 12.5. The van der Waals surface area contributed by atoms with E-state index in [0.717, 1.165) is 16.8 Å². The predicted molar refractivity (Wildman–Crippen MR) is 122 cm³/mol. The molecule has 0 aromatic heterocycles. The highest BCUT2D eigenvalue weighted by Gasteiger charge is 2.13. The van der Waals surface area contributed by atoms with Crippen LogP contribution in [0.25, 0.3) is 0 Å². The zero-order valence-electron chi connectivity index (χ0n) is 16.9. The van der Waals surface area contributed by atoms with Crippen molar-refractivity contribution >= 4 is 28.9 Å². The van der Waals surface area contributed by atoms with Crippen molar-refractivity contribution in [1.82, 2.24) is 0 Å². The monoisotopic (exact) mass is 429 g/mol. The minimum absolute atomic E-state index is 0.386. The van der Waals surface area contributed by atoms with E-state index in [4.69, 9.17) is 32.7 Å². The van der Waals surface area contributed by atoms with Crippen LogP contribution in [0.5, 0.6) is 11.5 Å². The van der Waals surface area contributed by atoms with Crippen molar-refractivity contribution in [1.29, 1.82) is 0 Å². The summed E-state index contributed by atoms with van der Waals surface area (Å²) in [6.07, 6.45) is 0. The van der Waals surface area contributed by atoms with Crippen molar-refractivity contribution < 1.29 is 9.47 Å². The number of nitrogens with one attached hydrogen (secondary N) is 1. The van der Waals surface area contributed by atoms with Crippen LogP contribution >= 0.6 is 23.2 Å². The molecule has 3 aromatic carbocycles. The molecule has 29 heavy (non-hydrogen) atoms. The SMILES string of the molecule is CCOc1cc(CNc2cc(C)ccc2C)cc(Cl)c1OCc1ccc(Cl)cc1. The smallest absolute Gasteiger partial charge is 0.180 e. The molecule has 0 spiro atoms. The number of benzene rings is 3. The molecule has 0 aliphatic carbocycles. The normalized spacial score (nSPS) is 10.7. The van der Waals surface area contributed by atoms with Gasteiger partial charge in [-0.25, -0.2) is 0 Å². The van der Waals surface area contributed by atoms with Crippen LogP contribution in [0.4, 0.5) is 5.69 Å². The van der Waals surface area contributed by atoms with Gasteiger partial charge in [0.05, 0.1) is 11.6 Å². The number of hydrogen-bond acceptors (Lipinski definition) is 3. The number of rotatable bonds is 8. The van der Waals surface area contributed by atoms with E-state index in [2.05, 4.69) is 37.4 Å². The van der Waals surface area contributed by atoms with Gasteiger partial charge in [0.1, 0.15) is 6.61 Å². The predicted octanol–water partition coefficient (Wildman–Crippen LogP) is 7.20. The summed E-state index contributed by atoms with van der Waals surface area (Å²) in [5.74, 6) is 1.20. The first-order valence-electron chi connectivity index (χ1n) is 9.60. The Kier molecular flexibility index (Phi) is 7.29. The Hall–Kier alpha value is -2.36. The third kappa shape index (κ3) is 5.81. The maximum absolute atomic E-state index is 6.55. The van der Waals surface area contributed by atoms with Crippen LogP contribution in [0, 0.1) is 13.8 Å². The minimum atomic E-state index is 0.386. The third-order valence-electron chi connectivity index (χ3n) is 4.54. The lowest BCUT2D eigenvalue weighted by molar-refractivity contribution is 0.269. The largest absolute Gasteiger partial charge is 0.490 e. The Bertz CT molecular complexity index is 971. The number of hydrogen-bond donors (Lipinski definition) is 1. The lowest BCUT2D eigenvalue weighted by atomic mass is 10.1. The number of anilines is 1. The summed E-state index contributed by atoms with van der Waals surface area (Å²) in [6.45, 7) is 7.67. The van der Waals surface area contributed by atoms with Gasteiger partial charge in [-0.3, -0.25) is 0 Å². The van der Waals surface area contributed by atoms with E-state index in [9.17, 15) is 0 Å². The molecule has 0 aliphatic heterocycles. The average Bonchev–Trinajstić information content (AvgIpc) is 2.69. The zero-order valence-corrected chi connectivity index (χ0v) is 18.4. The quantitative estimate of drug-likeness (QED) is 0.410. The van der Waals surface area contributed by atoms with Gasteiger partial charge in [-0.15, -0.1) is 0 Å². The Morgan fingerprint density at radius 2 is 1.62 bits per heavy atom. The summed E-state index contributed by atoms with van der Waals surface area (Å²) in [6, 6.07) is 17.8. The van der Waals surface area contributed by atoms with Gasteiger partial charge in [-0.1, -0.05) is 47.5 Å². The van der Waals surface area contributed by atoms with Crippen molar-refractivity contribution in [3.63, 3.8) is 0 Å². The molecule has 3 rings (SSSR count). The summed E-state index contributed by atoms with van der Waals surface area (Å²) < 4.78 is 11.8. The third-order valence-corrected chi connectivity index (χ3v) is 5.07. The van der Waals surface area contributed by atoms with Gasteiger partial charge in [0.15, 0.2) is 11.5 Å². The fourth-order valence-corrected chi connectivity index (χ4v) is 3.40. The molecular formula is C24H25Cl2NO2. The second-order valence-corrected chi connectivity index (χ2v) is 7.77. The highest BCUT2D eigenvalue weighted by atomic mass is 35.5. The summed E-state index contributed by atoms with van der Waals surface area (Å²) in [7, 11) is 0. The lowest BCUT2D eigenvalue weighted by Gasteiger charge is -2.16. The summed E-state index contributed by atoms with van der Waals surface area (Å²) in [4.78, 5) is 0. The van der Waals surface area contributed by atoms with Crippen LogP contribution < -0.4 is 14.8 Å². The maximum Gasteiger partial charge on any atom is 0.180 e. The molecule has 1 N–H and O–H groups in total. The molecular weight excluding hydrogens is 405 g/mol. The van der Waals surface area contributed by atoms with Gasteiger partial charge in [-0.05, 0) is 73.4 Å². The molecule has 0 unspecified atom stereocenters. The van der Waals surface area contributed by atoms with E-state index in [0.29, 0.717) is 41.3 Å². The number of halogens is 2. The molecule has 0 bridgehead atoms. The molecule has 0 radical (unpaired) electrons. The first kappa shape index (κ1) is 21.4. The van der Waals surface area contributed by atoms with Crippen molar-refractivity contribution in [3.05, 3.63) is 86.9 Å². The molecule has 0 atom stereocenters. The van der Waals surface area contributed by atoms with Crippen LogP contribution in [0.2, 0.25) is 10.0 Å². The Labute approximate surface area is 182 Å². The first-order chi connectivity index (χ1) is 14.0. The van der Waals surface area contributed by atoms with E-state index < -0.39 is 0 Å². The summed E-state index contributed by atoms with van der Waals surface area (Å²) in [5.41, 5.74) is 5.57. The van der Waals surface area contributed by atoms with E-state index in [1.165, 1.54) is 11.1 Å². The Morgan fingerprint density at radius 1 is 0.862 bits per heavy atom. The number of aryl methyl sites for hydroxylation is 2. The van der Waals surface area contributed by atoms with Gasteiger partial charge < -0.3 is 14.8 Å². The molecule has 0 saturated carbocycles. The minimum Gasteiger partial charge on any atom is -0.490 e. The van der Waals surface area contributed by atoms with E-state index in [-0.39, 0.29) is 0 Å². The molecule has 0 fully saturated rings. The molecule has 152 valence electrons. The van der Waals surface area contributed by atoms with Gasteiger partial charge in [0, 0.05) is 17.3 Å². The molecule has 3 nitrogen and oxygen atoms in total. The second kappa shape index (κ2) is 9.91. The van der Waals surface area contributed by atoms with Gasteiger partial charge in [0.25, 0.3) is 0 Å². The van der Waals surface area contributed by atoms with Crippen LogP contribution in [-0.4, -0.2) is 6.61 Å². The summed E-state index contributed by atoms with van der Waals surface area (Å²) in [5, 5.41) is 4.71.